The van der Waals surface area contributed by atoms with E-state index in [0.717, 1.165) is 11.3 Å². The molecule has 8 heteroatoms. The maximum atomic E-state index is 12.4. The Labute approximate surface area is 176 Å². The van der Waals surface area contributed by atoms with Crippen LogP contribution in [0.5, 0.6) is 5.75 Å². The third-order valence-electron chi connectivity index (χ3n) is 4.23. The lowest BCUT2D eigenvalue weighted by Gasteiger charge is -2.07. The van der Waals surface area contributed by atoms with Crippen molar-refractivity contribution in [3.8, 4) is 11.8 Å². The normalized spacial score (nSPS) is 10.1. The van der Waals surface area contributed by atoms with Crippen molar-refractivity contribution < 1.29 is 24.2 Å². The highest BCUT2D eigenvalue weighted by Gasteiger charge is 2.21. The van der Waals surface area contributed by atoms with Gasteiger partial charge in [0.25, 0.3) is 5.91 Å². The first kappa shape index (κ1) is 20.8. The third kappa shape index (κ3) is 4.54. The molecule has 0 radical (unpaired) electrons. The van der Waals surface area contributed by atoms with E-state index in [-0.39, 0.29) is 27.8 Å². The number of carboxylic acids is 1. The highest BCUT2D eigenvalue weighted by Crippen LogP contribution is 2.32. The average molecular weight is 420 g/mol. The molecule has 0 saturated carbocycles. The van der Waals surface area contributed by atoms with Crippen LogP contribution >= 0.6 is 11.3 Å². The van der Waals surface area contributed by atoms with Gasteiger partial charge in [0.05, 0.1) is 5.56 Å². The standard InChI is InChI=1S/C22H16N2O5S/c1-13-17(11-23)21(30-20(13)22(27)28)24-18(25)12-29-16-9-7-15(8-10-16)19(26)14-5-3-2-4-6-14/h2-10H,12H2,1H3,(H,24,25)(H,27,28). The van der Waals surface area contributed by atoms with E-state index >= 15 is 0 Å². The highest BCUT2D eigenvalue weighted by molar-refractivity contribution is 7.18. The van der Waals surface area contributed by atoms with Gasteiger partial charge in [-0.25, -0.2) is 4.79 Å². The van der Waals surface area contributed by atoms with Gasteiger partial charge in [-0.2, -0.15) is 5.26 Å². The van der Waals surface area contributed by atoms with Gasteiger partial charge >= 0.3 is 5.97 Å². The van der Waals surface area contributed by atoms with Crippen LogP contribution in [-0.4, -0.2) is 29.4 Å². The number of carbonyl (C=O) groups excluding carboxylic acids is 2. The van der Waals surface area contributed by atoms with Gasteiger partial charge in [-0.1, -0.05) is 30.3 Å². The summed E-state index contributed by atoms with van der Waals surface area (Å²) in [5.41, 5.74) is 1.50. The maximum Gasteiger partial charge on any atom is 0.346 e. The number of nitrogens with zero attached hydrogens (tertiary/aromatic N) is 1. The van der Waals surface area contributed by atoms with Crippen molar-refractivity contribution in [2.45, 2.75) is 6.92 Å². The molecule has 150 valence electrons. The van der Waals surface area contributed by atoms with E-state index in [1.807, 2.05) is 12.1 Å². The molecule has 30 heavy (non-hydrogen) atoms. The number of amides is 1. The van der Waals surface area contributed by atoms with Gasteiger partial charge in [-0.05, 0) is 36.8 Å². The monoisotopic (exact) mass is 420 g/mol. The van der Waals surface area contributed by atoms with Crippen LogP contribution in [-0.2, 0) is 4.79 Å². The Morgan fingerprint density at radius 2 is 1.70 bits per heavy atom. The van der Waals surface area contributed by atoms with Crippen molar-refractivity contribution in [1.29, 1.82) is 5.26 Å². The number of nitriles is 1. The first-order valence-corrected chi connectivity index (χ1v) is 9.61. The predicted octanol–water partition coefficient (Wildman–Crippen LogP) is 3.87. The quantitative estimate of drug-likeness (QED) is 0.561. The fourth-order valence-corrected chi connectivity index (χ4v) is 3.72. The zero-order valence-electron chi connectivity index (χ0n) is 15.8. The summed E-state index contributed by atoms with van der Waals surface area (Å²) < 4.78 is 5.42. The SMILES string of the molecule is Cc1c(C(=O)O)sc(NC(=O)COc2ccc(C(=O)c3ccccc3)cc2)c1C#N. The number of ketones is 1. The molecule has 1 aromatic heterocycles. The molecule has 0 atom stereocenters. The van der Waals surface area contributed by atoms with Gasteiger partial charge in [-0.3, -0.25) is 9.59 Å². The van der Waals surface area contributed by atoms with Crippen LogP contribution in [0.25, 0.3) is 0 Å². The van der Waals surface area contributed by atoms with Crippen LogP contribution in [0.3, 0.4) is 0 Å². The fraction of sp³-hybridized carbons (Fsp3) is 0.0909. The Morgan fingerprint density at radius 3 is 2.30 bits per heavy atom. The fourth-order valence-electron chi connectivity index (χ4n) is 2.71. The minimum Gasteiger partial charge on any atom is -0.484 e. The van der Waals surface area contributed by atoms with Gasteiger partial charge in [0.2, 0.25) is 0 Å². The van der Waals surface area contributed by atoms with E-state index in [1.165, 1.54) is 6.92 Å². The predicted molar refractivity (Wildman–Crippen MR) is 111 cm³/mol. The molecule has 0 aliphatic carbocycles. The molecule has 0 fully saturated rings. The smallest absolute Gasteiger partial charge is 0.346 e. The number of nitrogens with one attached hydrogen (secondary N) is 1. The van der Waals surface area contributed by atoms with Crippen LogP contribution in [0.2, 0.25) is 0 Å². The first-order valence-electron chi connectivity index (χ1n) is 8.80. The molecular weight excluding hydrogens is 404 g/mol. The number of thiophene rings is 1. The second-order valence-electron chi connectivity index (χ2n) is 6.23. The minimum absolute atomic E-state index is 0.00133. The largest absolute Gasteiger partial charge is 0.484 e. The summed E-state index contributed by atoms with van der Waals surface area (Å²) in [7, 11) is 0. The summed E-state index contributed by atoms with van der Waals surface area (Å²) in [6.45, 7) is 1.18. The van der Waals surface area contributed by atoms with E-state index in [4.69, 9.17) is 9.84 Å². The zero-order valence-corrected chi connectivity index (χ0v) is 16.7. The molecule has 0 unspecified atom stereocenters. The number of aromatic carboxylic acids is 1. The molecule has 0 spiro atoms. The summed E-state index contributed by atoms with van der Waals surface area (Å²) in [4.78, 5) is 35.8. The number of hydrogen-bond acceptors (Lipinski definition) is 6. The molecule has 3 aromatic rings. The van der Waals surface area contributed by atoms with E-state index in [0.29, 0.717) is 22.4 Å². The van der Waals surface area contributed by atoms with Crippen LogP contribution in [0.1, 0.15) is 36.7 Å². The number of carbonyl (C=O) groups is 3. The van der Waals surface area contributed by atoms with Gasteiger partial charge < -0.3 is 15.2 Å². The van der Waals surface area contributed by atoms with E-state index in [2.05, 4.69) is 5.32 Å². The first-order chi connectivity index (χ1) is 14.4. The third-order valence-corrected chi connectivity index (χ3v) is 5.42. The molecule has 3 rings (SSSR count). The van der Waals surface area contributed by atoms with Gasteiger partial charge in [0.1, 0.15) is 21.7 Å². The van der Waals surface area contributed by atoms with E-state index in [1.54, 1.807) is 48.5 Å². The lowest BCUT2D eigenvalue weighted by Crippen LogP contribution is -2.20. The molecule has 0 aliphatic rings. The summed E-state index contributed by atoms with van der Waals surface area (Å²) in [5, 5.41) is 21.1. The summed E-state index contributed by atoms with van der Waals surface area (Å²) >= 11 is 0.825. The summed E-state index contributed by atoms with van der Waals surface area (Å²) in [6.07, 6.45) is 0. The molecule has 0 saturated heterocycles. The maximum absolute atomic E-state index is 12.4. The lowest BCUT2D eigenvalue weighted by atomic mass is 10.0. The van der Waals surface area contributed by atoms with Crippen LogP contribution in [0.4, 0.5) is 5.00 Å². The Hall–Kier alpha value is -3.96. The van der Waals surface area contributed by atoms with Crippen molar-refractivity contribution in [2.24, 2.45) is 0 Å². The molecule has 0 bridgehead atoms. The number of anilines is 1. The van der Waals surface area contributed by atoms with Gasteiger partial charge in [0.15, 0.2) is 12.4 Å². The lowest BCUT2D eigenvalue weighted by molar-refractivity contribution is -0.118. The Kier molecular flexibility index (Phi) is 6.25. The van der Waals surface area contributed by atoms with Crippen molar-refractivity contribution in [3.63, 3.8) is 0 Å². The Balaban J connectivity index is 1.62. The number of carboxylic acid groups (broad SMARTS) is 1. The number of benzene rings is 2. The molecular formula is C22H16N2O5S. The Morgan fingerprint density at radius 1 is 1.07 bits per heavy atom. The molecule has 0 aliphatic heterocycles. The van der Waals surface area contributed by atoms with Crippen molar-refractivity contribution in [2.75, 3.05) is 11.9 Å². The topological polar surface area (TPSA) is 116 Å². The van der Waals surface area contributed by atoms with Crippen LogP contribution in [0.15, 0.2) is 54.6 Å². The molecule has 1 heterocycles. The van der Waals surface area contributed by atoms with E-state index in [9.17, 15) is 19.6 Å². The second-order valence-corrected chi connectivity index (χ2v) is 7.25. The molecule has 2 aromatic carbocycles. The average Bonchev–Trinajstić information content (AvgIpc) is 3.07. The summed E-state index contributed by atoms with van der Waals surface area (Å²) in [5.74, 6) is -1.42. The van der Waals surface area contributed by atoms with Crippen LogP contribution in [0, 0.1) is 18.3 Å². The van der Waals surface area contributed by atoms with Crippen molar-refractivity contribution in [1.82, 2.24) is 0 Å². The van der Waals surface area contributed by atoms with Gasteiger partial charge in [0, 0.05) is 11.1 Å². The number of hydrogen-bond donors (Lipinski definition) is 2. The molecule has 1 amide bonds. The Bertz CT molecular complexity index is 1140. The van der Waals surface area contributed by atoms with Crippen molar-refractivity contribution >= 4 is 34.0 Å². The minimum atomic E-state index is -1.16. The van der Waals surface area contributed by atoms with Crippen molar-refractivity contribution in [3.05, 3.63) is 81.7 Å². The number of ether oxygens (including phenoxy) is 1. The molecule has 7 nitrogen and oxygen atoms in total. The van der Waals surface area contributed by atoms with Crippen LogP contribution < -0.4 is 10.1 Å². The number of rotatable bonds is 7. The zero-order chi connectivity index (χ0) is 21.7. The second kappa shape index (κ2) is 9.03. The highest BCUT2D eigenvalue weighted by atomic mass is 32.1. The van der Waals surface area contributed by atoms with E-state index < -0.39 is 11.9 Å². The summed E-state index contributed by atoms with van der Waals surface area (Å²) in [6, 6.07) is 17.2. The molecule has 2 N–H and O–H groups in total. The van der Waals surface area contributed by atoms with Gasteiger partial charge in [-0.15, -0.1) is 11.3 Å².